The van der Waals surface area contributed by atoms with E-state index in [1.165, 1.54) is 16.2 Å². The van der Waals surface area contributed by atoms with Crippen LogP contribution < -0.4 is 5.32 Å². The number of hydrogen-bond acceptors (Lipinski definition) is 3. The molecule has 0 unspecified atom stereocenters. The van der Waals surface area contributed by atoms with E-state index in [9.17, 15) is 9.59 Å². The average Bonchev–Trinajstić information content (AvgIpc) is 2.97. The van der Waals surface area contributed by atoms with Gasteiger partial charge in [0.05, 0.1) is 16.8 Å². The number of carbonyl (C=O) groups excluding carboxylic acids is 1. The van der Waals surface area contributed by atoms with Crippen LogP contribution >= 0.6 is 11.3 Å². The summed E-state index contributed by atoms with van der Waals surface area (Å²) >= 11 is 1.48. The molecule has 2 N–H and O–H groups in total. The second kappa shape index (κ2) is 5.74. The van der Waals surface area contributed by atoms with Crippen molar-refractivity contribution in [1.29, 1.82) is 0 Å². The minimum Gasteiger partial charge on any atom is -0.481 e. The van der Waals surface area contributed by atoms with Crippen molar-refractivity contribution in [3.05, 3.63) is 21.9 Å². The van der Waals surface area contributed by atoms with Crippen LogP contribution in [0.4, 0.5) is 0 Å². The molecule has 1 aromatic rings. The van der Waals surface area contributed by atoms with Gasteiger partial charge >= 0.3 is 5.97 Å². The Hall–Kier alpha value is -1.36. The normalized spacial score (nSPS) is 17.3. The largest absolute Gasteiger partial charge is 0.481 e. The SMILES string of the molecule is CCc1ccc(C(=O)NC2(CC(=O)O)CCCC2)s1. The summed E-state index contributed by atoms with van der Waals surface area (Å²) in [5, 5.41) is 12.0. The van der Waals surface area contributed by atoms with Gasteiger partial charge in [-0.05, 0) is 31.4 Å². The first kappa shape index (κ1) is 14.1. The molecule has 0 atom stereocenters. The van der Waals surface area contributed by atoms with Gasteiger partial charge in [-0.15, -0.1) is 11.3 Å². The summed E-state index contributed by atoms with van der Waals surface area (Å²) in [5.74, 6) is -0.976. The van der Waals surface area contributed by atoms with Crippen molar-refractivity contribution in [2.45, 2.75) is 51.0 Å². The Morgan fingerprint density at radius 1 is 1.37 bits per heavy atom. The number of hydrogen-bond donors (Lipinski definition) is 2. The third kappa shape index (κ3) is 3.35. The number of carboxylic acids is 1. The Kier molecular flexibility index (Phi) is 4.24. The Morgan fingerprint density at radius 2 is 2.05 bits per heavy atom. The van der Waals surface area contributed by atoms with Gasteiger partial charge < -0.3 is 10.4 Å². The van der Waals surface area contributed by atoms with Crippen LogP contribution in [0.3, 0.4) is 0 Å². The molecule has 19 heavy (non-hydrogen) atoms. The van der Waals surface area contributed by atoms with Gasteiger partial charge in [0.15, 0.2) is 0 Å². The van der Waals surface area contributed by atoms with Gasteiger partial charge in [-0.2, -0.15) is 0 Å². The molecule has 4 nitrogen and oxygen atoms in total. The van der Waals surface area contributed by atoms with Crippen LogP contribution in [0.25, 0.3) is 0 Å². The topological polar surface area (TPSA) is 66.4 Å². The Bertz CT molecular complexity index is 475. The van der Waals surface area contributed by atoms with Crippen molar-refractivity contribution in [1.82, 2.24) is 5.32 Å². The van der Waals surface area contributed by atoms with E-state index in [1.54, 1.807) is 0 Å². The number of rotatable bonds is 5. The molecular formula is C14H19NO3S. The van der Waals surface area contributed by atoms with Gasteiger partial charge in [0, 0.05) is 4.88 Å². The maximum absolute atomic E-state index is 12.2. The molecular weight excluding hydrogens is 262 g/mol. The van der Waals surface area contributed by atoms with E-state index in [0.29, 0.717) is 4.88 Å². The molecule has 0 spiro atoms. The molecule has 1 fully saturated rings. The number of thiophene rings is 1. The number of nitrogens with one attached hydrogen (secondary N) is 1. The average molecular weight is 281 g/mol. The highest BCUT2D eigenvalue weighted by atomic mass is 32.1. The zero-order chi connectivity index (χ0) is 13.9. The summed E-state index contributed by atoms with van der Waals surface area (Å²) in [5.41, 5.74) is -0.542. The van der Waals surface area contributed by atoms with E-state index in [-0.39, 0.29) is 12.3 Å². The van der Waals surface area contributed by atoms with Crippen LogP contribution in [0, 0.1) is 0 Å². The highest BCUT2D eigenvalue weighted by molar-refractivity contribution is 7.14. The van der Waals surface area contributed by atoms with Crippen molar-refractivity contribution in [3.63, 3.8) is 0 Å². The molecule has 1 aromatic heterocycles. The number of carboxylic acid groups (broad SMARTS) is 1. The summed E-state index contributed by atoms with van der Waals surface area (Å²) in [6, 6.07) is 3.78. The smallest absolute Gasteiger partial charge is 0.305 e. The van der Waals surface area contributed by atoms with Gasteiger partial charge in [-0.25, -0.2) is 0 Å². The lowest BCUT2D eigenvalue weighted by molar-refractivity contribution is -0.138. The summed E-state index contributed by atoms with van der Waals surface area (Å²) in [7, 11) is 0. The molecule has 1 aliphatic carbocycles. The van der Waals surface area contributed by atoms with Crippen LogP contribution in [0.2, 0.25) is 0 Å². The fourth-order valence-corrected chi connectivity index (χ4v) is 3.52. The van der Waals surface area contributed by atoms with Crippen LogP contribution in [-0.2, 0) is 11.2 Å². The van der Waals surface area contributed by atoms with Crippen molar-refractivity contribution >= 4 is 23.2 Å². The first-order chi connectivity index (χ1) is 9.04. The van der Waals surface area contributed by atoms with Gasteiger partial charge in [-0.3, -0.25) is 9.59 Å². The molecule has 0 aliphatic heterocycles. The highest BCUT2D eigenvalue weighted by Gasteiger charge is 2.37. The number of aryl methyl sites for hydroxylation is 1. The van der Waals surface area contributed by atoms with Gasteiger partial charge in [-0.1, -0.05) is 19.8 Å². The predicted molar refractivity (Wildman–Crippen MR) is 74.6 cm³/mol. The molecule has 0 aromatic carbocycles. The monoisotopic (exact) mass is 281 g/mol. The minimum atomic E-state index is -0.845. The number of amides is 1. The second-order valence-corrected chi connectivity index (χ2v) is 6.30. The van der Waals surface area contributed by atoms with E-state index in [0.717, 1.165) is 32.1 Å². The van der Waals surface area contributed by atoms with Gasteiger partial charge in [0.2, 0.25) is 0 Å². The number of aliphatic carboxylic acids is 1. The van der Waals surface area contributed by atoms with E-state index in [2.05, 4.69) is 12.2 Å². The van der Waals surface area contributed by atoms with Crippen LogP contribution in [-0.4, -0.2) is 22.5 Å². The fraction of sp³-hybridized carbons (Fsp3) is 0.571. The van der Waals surface area contributed by atoms with Gasteiger partial charge in [0.1, 0.15) is 0 Å². The minimum absolute atomic E-state index is 0.0186. The standard InChI is InChI=1S/C14H19NO3S/c1-2-10-5-6-11(19-10)13(18)15-14(9-12(16)17)7-3-4-8-14/h5-6H,2-4,7-9H2,1H3,(H,15,18)(H,16,17). The van der Waals surface area contributed by atoms with E-state index >= 15 is 0 Å². The zero-order valence-corrected chi connectivity index (χ0v) is 11.9. The molecule has 1 heterocycles. The Morgan fingerprint density at radius 3 is 2.58 bits per heavy atom. The maximum atomic E-state index is 12.2. The van der Waals surface area contributed by atoms with Gasteiger partial charge in [0.25, 0.3) is 5.91 Å². The van der Waals surface area contributed by atoms with Crippen molar-refractivity contribution in [2.24, 2.45) is 0 Å². The lowest BCUT2D eigenvalue weighted by Gasteiger charge is -2.28. The molecule has 1 saturated carbocycles. The maximum Gasteiger partial charge on any atom is 0.305 e. The molecule has 0 bridgehead atoms. The zero-order valence-electron chi connectivity index (χ0n) is 11.1. The van der Waals surface area contributed by atoms with Crippen LogP contribution in [0.5, 0.6) is 0 Å². The fourth-order valence-electron chi connectivity index (χ4n) is 2.68. The molecule has 2 rings (SSSR count). The lowest BCUT2D eigenvalue weighted by atomic mass is 9.93. The molecule has 0 saturated heterocycles. The Labute approximate surface area is 116 Å². The van der Waals surface area contributed by atoms with E-state index in [4.69, 9.17) is 5.11 Å². The molecule has 1 amide bonds. The summed E-state index contributed by atoms with van der Waals surface area (Å²) in [4.78, 5) is 25.0. The van der Waals surface area contributed by atoms with Crippen molar-refractivity contribution in [2.75, 3.05) is 0 Å². The third-order valence-electron chi connectivity index (χ3n) is 3.66. The predicted octanol–water partition coefficient (Wildman–Crippen LogP) is 2.83. The molecule has 5 heteroatoms. The van der Waals surface area contributed by atoms with Crippen LogP contribution in [0.1, 0.15) is 53.6 Å². The Balaban J connectivity index is 2.08. The van der Waals surface area contributed by atoms with Crippen LogP contribution in [0.15, 0.2) is 12.1 Å². The molecule has 0 radical (unpaired) electrons. The number of carbonyl (C=O) groups is 2. The lowest BCUT2D eigenvalue weighted by Crippen LogP contribution is -2.47. The van der Waals surface area contributed by atoms with E-state index < -0.39 is 11.5 Å². The highest BCUT2D eigenvalue weighted by Crippen LogP contribution is 2.33. The van der Waals surface area contributed by atoms with E-state index in [1.807, 2.05) is 12.1 Å². The first-order valence-corrected chi connectivity index (χ1v) is 7.49. The summed E-state index contributed by atoms with van der Waals surface area (Å²) < 4.78 is 0. The summed E-state index contributed by atoms with van der Waals surface area (Å²) in [6.45, 7) is 2.05. The van der Waals surface area contributed by atoms with Crippen molar-refractivity contribution in [3.8, 4) is 0 Å². The molecule has 104 valence electrons. The second-order valence-electron chi connectivity index (χ2n) is 5.13. The summed E-state index contributed by atoms with van der Waals surface area (Å²) in [6.07, 6.45) is 4.42. The third-order valence-corrected chi connectivity index (χ3v) is 4.89. The quantitative estimate of drug-likeness (QED) is 0.872. The van der Waals surface area contributed by atoms with Crippen molar-refractivity contribution < 1.29 is 14.7 Å². The first-order valence-electron chi connectivity index (χ1n) is 6.68. The molecule has 1 aliphatic rings.